The average Bonchev–Trinajstić information content (AvgIpc) is 2.29. The van der Waals surface area contributed by atoms with E-state index in [-0.39, 0.29) is 12.3 Å². The van der Waals surface area contributed by atoms with Crippen molar-refractivity contribution in [3.63, 3.8) is 0 Å². The number of nitrogens with zero attached hydrogens (tertiary/aromatic N) is 1. The minimum atomic E-state index is -0.893. The van der Waals surface area contributed by atoms with Crippen LogP contribution in [0.2, 0.25) is 0 Å². The zero-order valence-electron chi connectivity index (χ0n) is 8.59. The first-order valence-corrected chi connectivity index (χ1v) is 5.11. The van der Waals surface area contributed by atoms with Gasteiger partial charge in [0.25, 0.3) is 0 Å². The summed E-state index contributed by atoms with van der Waals surface area (Å²) in [6, 6.07) is 4.75. The van der Waals surface area contributed by atoms with E-state index in [1.807, 2.05) is 0 Å². The van der Waals surface area contributed by atoms with Crippen LogP contribution in [0.3, 0.4) is 0 Å². The van der Waals surface area contributed by atoms with E-state index in [9.17, 15) is 9.59 Å². The van der Waals surface area contributed by atoms with Gasteiger partial charge in [0.05, 0.1) is 17.7 Å². The van der Waals surface area contributed by atoms with Gasteiger partial charge in [-0.15, -0.1) is 0 Å². The molecule has 84 valence electrons. The second-order valence-corrected chi connectivity index (χ2v) is 3.78. The standard InChI is InChI=1S/C11H12N2O3/c14-9-5-4-7(11(15)16)10(13-9)8-3-1-2-6-12-8/h1-3,6-7,10H,4-5H2,(H,13,14)(H,15,16). The van der Waals surface area contributed by atoms with Crippen LogP contribution in [0.4, 0.5) is 0 Å². The summed E-state index contributed by atoms with van der Waals surface area (Å²) < 4.78 is 0. The Morgan fingerprint density at radius 2 is 2.31 bits per heavy atom. The largest absolute Gasteiger partial charge is 0.481 e. The Bertz CT molecular complexity index is 405. The zero-order chi connectivity index (χ0) is 11.5. The van der Waals surface area contributed by atoms with Gasteiger partial charge in [0.1, 0.15) is 0 Å². The van der Waals surface area contributed by atoms with Gasteiger partial charge in [0, 0.05) is 12.6 Å². The maximum Gasteiger partial charge on any atom is 0.309 e. The molecule has 0 aromatic carbocycles. The van der Waals surface area contributed by atoms with E-state index in [1.165, 1.54) is 0 Å². The van der Waals surface area contributed by atoms with Gasteiger partial charge in [-0.25, -0.2) is 0 Å². The predicted molar refractivity (Wildman–Crippen MR) is 55.5 cm³/mol. The van der Waals surface area contributed by atoms with Crippen LogP contribution in [0.25, 0.3) is 0 Å². The number of piperidine rings is 1. The first-order chi connectivity index (χ1) is 7.68. The third-order valence-corrected chi connectivity index (χ3v) is 2.72. The van der Waals surface area contributed by atoms with Crippen molar-refractivity contribution in [2.24, 2.45) is 5.92 Å². The summed E-state index contributed by atoms with van der Waals surface area (Å²) in [4.78, 5) is 26.4. The molecule has 2 unspecified atom stereocenters. The van der Waals surface area contributed by atoms with Crippen molar-refractivity contribution in [3.05, 3.63) is 30.1 Å². The quantitative estimate of drug-likeness (QED) is 0.770. The number of carbonyl (C=O) groups excluding carboxylic acids is 1. The van der Waals surface area contributed by atoms with Gasteiger partial charge in [-0.1, -0.05) is 6.07 Å². The Balaban J connectivity index is 2.27. The topological polar surface area (TPSA) is 79.3 Å². The SMILES string of the molecule is O=C1CCC(C(=O)O)C(c2ccccn2)N1. The number of aliphatic carboxylic acids is 1. The number of carboxylic acids is 1. The normalized spacial score (nSPS) is 24.9. The molecule has 2 N–H and O–H groups in total. The molecule has 0 saturated carbocycles. The Hall–Kier alpha value is -1.91. The number of rotatable bonds is 2. The molecular formula is C11H12N2O3. The third kappa shape index (κ3) is 2.03. The molecule has 5 nitrogen and oxygen atoms in total. The highest BCUT2D eigenvalue weighted by Crippen LogP contribution is 2.28. The van der Waals surface area contributed by atoms with Gasteiger partial charge in [-0.05, 0) is 18.6 Å². The van der Waals surface area contributed by atoms with Gasteiger partial charge < -0.3 is 10.4 Å². The van der Waals surface area contributed by atoms with Crippen LogP contribution in [0.15, 0.2) is 24.4 Å². The molecule has 1 aromatic heterocycles. The van der Waals surface area contributed by atoms with Crippen LogP contribution in [0.1, 0.15) is 24.6 Å². The predicted octanol–water partition coefficient (Wildman–Crippen LogP) is 0.733. The molecule has 0 spiro atoms. The summed E-state index contributed by atoms with van der Waals surface area (Å²) in [6.07, 6.45) is 2.22. The van der Waals surface area contributed by atoms with E-state index in [2.05, 4.69) is 10.3 Å². The fourth-order valence-corrected chi connectivity index (χ4v) is 1.91. The molecule has 2 heterocycles. The smallest absolute Gasteiger partial charge is 0.309 e. The monoisotopic (exact) mass is 220 g/mol. The van der Waals surface area contributed by atoms with E-state index in [0.717, 1.165) is 0 Å². The van der Waals surface area contributed by atoms with Gasteiger partial charge in [-0.3, -0.25) is 14.6 Å². The zero-order valence-corrected chi connectivity index (χ0v) is 8.59. The second-order valence-electron chi connectivity index (χ2n) is 3.78. The van der Waals surface area contributed by atoms with Gasteiger partial charge in [0.15, 0.2) is 0 Å². The highest BCUT2D eigenvalue weighted by atomic mass is 16.4. The number of carboxylic acid groups (broad SMARTS) is 1. The molecule has 0 radical (unpaired) electrons. The Kier molecular flexibility index (Phi) is 2.85. The summed E-state index contributed by atoms with van der Waals surface area (Å²) in [5, 5.41) is 11.8. The Labute approximate surface area is 92.5 Å². The summed E-state index contributed by atoms with van der Waals surface area (Å²) in [5.74, 6) is -1.60. The van der Waals surface area contributed by atoms with Crippen molar-refractivity contribution in [2.75, 3.05) is 0 Å². The molecule has 1 fully saturated rings. The molecule has 16 heavy (non-hydrogen) atoms. The molecule has 2 atom stereocenters. The van der Waals surface area contributed by atoms with Crippen LogP contribution >= 0.6 is 0 Å². The highest BCUT2D eigenvalue weighted by Gasteiger charge is 2.35. The lowest BCUT2D eigenvalue weighted by Crippen LogP contribution is -2.42. The summed E-state index contributed by atoms with van der Waals surface area (Å²) >= 11 is 0. The van der Waals surface area contributed by atoms with Crippen LogP contribution in [-0.4, -0.2) is 22.0 Å². The van der Waals surface area contributed by atoms with Gasteiger partial charge in [0.2, 0.25) is 5.91 Å². The number of hydrogen-bond donors (Lipinski definition) is 2. The summed E-state index contributed by atoms with van der Waals surface area (Å²) in [6.45, 7) is 0. The maximum atomic E-state index is 11.3. The van der Waals surface area contributed by atoms with E-state index in [4.69, 9.17) is 5.11 Å². The molecular weight excluding hydrogens is 208 g/mol. The van der Waals surface area contributed by atoms with Gasteiger partial charge >= 0.3 is 5.97 Å². The van der Waals surface area contributed by atoms with E-state index >= 15 is 0 Å². The number of aromatic nitrogens is 1. The van der Waals surface area contributed by atoms with E-state index in [1.54, 1.807) is 24.4 Å². The Morgan fingerprint density at radius 3 is 2.94 bits per heavy atom. The lowest BCUT2D eigenvalue weighted by atomic mass is 9.88. The third-order valence-electron chi connectivity index (χ3n) is 2.72. The highest BCUT2D eigenvalue weighted by molar-refractivity contribution is 5.81. The van der Waals surface area contributed by atoms with E-state index in [0.29, 0.717) is 12.1 Å². The summed E-state index contributed by atoms with van der Waals surface area (Å²) in [5.41, 5.74) is 0.600. The molecule has 1 amide bonds. The van der Waals surface area contributed by atoms with Crippen LogP contribution < -0.4 is 5.32 Å². The fourth-order valence-electron chi connectivity index (χ4n) is 1.91. The maximum absolute atomic E-state index is 11.3. The lowest BCUT2D eigenvalue weighted by molar-refractivity contribution is -0.145. The molecule has 1 aliphatic rings. The van der Waals surface area contributed by atoms with Crippen molar-refractivity contribution in [3.8, 4) is 0 Å². The number of pyridine rings is 1. The van der Waals surface area contributed by atoms with Crippen molar-refractivity contribution in [1.29, 1.82) is 0 Å². The number of nitrogens with one attached hydrogen (secondary N) is 1. The van der Waals surface area contributed by atoms with Crippen LogP contribution in [-0.2, 0) is 9.59 Å². The molecule has 1 aromatic rings. The van der Waals surface area contributed by atoms with E-state index < -0.39 is 17.9 Å². The molecule has 0 aliphatic carbocycles. The van der Waals surface area contributed by atoms with Gasteiger partial charge in [-0.2, -0.15) is 0 Å². The van der Waals surface area contributed by atoms with Crippen molar-refractivity contribution in [2.45, 2.75) is 18.9 Å². The number of hydrogen-bond acceptors (Lipinski definition) is 3. The first kappa shape index (κ1) is 10.6. The first-order valence-electron chi connectivity index (χ1n) is 5.11. The van der Waals surface area contributed by atoms with Crippen molar-refractivity contribution in [1.82, 2.24) is 10.3 Å². The Morgan fingerprint density at radius 1 is 1.50 bits per heavy atom. The fraction of sp³-hybridized carbons (Fsp3) is 0.364. The lowest BCUT2D eigenvalue weighted by Gasteiger charge is -2.28. The van der Waals surface area contributed by atoms with Crippen molar-refractivity contribution >= 4 is 11.9 Å². The average molecular weight is 220 g/mol. The number of amides is 1. The molecule has 2 rings (SSSR count). The van der Waals surface area contributed by atoms with Crippen LogP contribution in [0, 0.1) is 5.92 Å². The number of carbonyl (C=O) groups is 2. The van der Waals surface area contributed by atoms with Crippen LogP contribution in [0.5, 0.6) is 0 Å². The molecule has 1 aliphatic heterocycles. The second kappa shape index (κ2) is 4.30. The molecule has 5 heteroatoms. The minimum Gasteiger partial charge on any atom is -0.481 e. The minimum absolute atomic E-state index is 0.117. The molecule has 1 saturated heterocycles. The molecule has 0 bridgehead atoms. The summed E-state index contributed by atoms with van der Waals surface area (Å²) in [7, 11) is 0. The van der Waals surface area contributed by atoms with Crippen molar-refractivity contribution < 1.29 is 14.7 Å².